The molecule has 94 valence electrons. The fourth-order valence-electron chi connectivity index (χ4n) is 3.39. The Labute approximate surface area is 112 Å². The highest BCUT2D eigenvalue weighted by atomic mass is 16.2. The third kappa shape index (κ3) is 1.53. The second-order valence-electron chi connectivity index (χ2n) is 5.34. The van der Waals surface area contributed by atoms with Crippen LogP contribution in [0.5, 0.6) is 0 Å². The van der Waals surface area contributed by atoms with Crippen molar-refractivity contribution < 1.29 is 4.79 Å². The Morgan fingerprint density at radius 2 is 1.68 bits per heavy atom. The van der Waals surface area contributed by atoms with E-state index in [0.29, 0.717) is 0 Å². The Morgan fingerprint density at radius 3 is 2.53 bits per heavy atom. The van der Waals surface area contributed by atoms with Crippen molar-refractivity contribution in [3.8, 4) is 0 Å². The van der Waals surface area contributed by atoms with Crippen LogP contribution in [0.25, 0.3) is 0 Å². The van der Waals surface area contributed by atoms with Gasteiger partial charge in [-0.15, -0.1) is 0 Å². The van der Waals surface area contributed by atoms with Crippen molar-refractivity contribution in [3.05, 3.63) is 70.8 Å². The molecule has 0 saturated heterocycles. The molecule has 0 fully saturated rings. The monoisotopic (exact) mass is 249 g/mol. The van der Waals surface area contributed by atoms with E-state index in [-0.39, 0.29) is 11.9 Å². The molecular formula is C17H15NO. The van der Waals surface area contributed by atoms with Crippen LogP contribution >= 0.6 is 0 Å². The molecule has 2 heteroatoms. The molecule has 2 aromatic carbocycles. The summed E-state index contributed by atoms with van der Waals surface area (Å²) < 4.78 is 0. The molecule has 2 aliphatic rings. The third-order valence-corrected chi connectivity index (χ3v) is 4.33. The fourth-order valence-corrected chi connectivity index (χ4v) is 3.39. The minimum atomic E-state index is 0.192. The third-order valence-electron chi connectivity index (χ3n) is 4.33. The Morgan fingerprint density at radius 1 is 0.947 bits per heavy atom. The number of nitrogens with zero attached hydrogens (tertiary/aromatic N) is 1. The summed E-state index contributed by atoms with van der Waals surface area (Å²) in [7, 11) is 0. The van der Waals surface area contributed by atoms with Crippen molar-refractivity contribution in [1.29, 1.82) is 0 Å². The lowest BCUT2D eigenvalue weighted by molar-refractivity contribution is 0.0701. The lowest BCUT2D eigenvalue weighted by Gasteiger charge is -2.24. The maximum absolute atomic E-state index is 12.5. The van der Waals surface area contributed by atoms with Crippen molar-refractivity contribution >= 4 is 5.91 Å². The summed E-state index contributed by atoms with van der Waals surface area (Å²) in [5.74, 6) is 0.192. The normalized spacial score (nSPS) is 20.5. The molecule has 0 N–H and O–H groups in total. The predicted molar refractivity (Wildman–Crippen MR) is 73.8 cm³/mol. The molecule has 4 rings (SSSR count). The van der Waals surface area contributed by atoms with E-state index in [2.05, 4.69) is 30.3 Å². The molecule has 1 unspecified atom stereocenters. The van der Waals surface area contributed by atoms with Crippen molar-refractivity contribution in [2.24, 2.45) is 0 Å². The van der Waals surface area contributed by atoms with Crippen LogP contribution in [0, 0.1) is 0 Å². The van der Waals surface area contributed by atoms with E-state index < -0.39 is 0 Å². The number of hydrogen-bond acceptors (Lipinski definition) is 1. The topological polar surface area (TPSA) is 20.3 Å². The van der Waals surface area contributed by atoms with Gasteiger partial charge < -0.3 is 4.90 Å². The average Bonchev–Trinajstić information content (AvgIpc) is 3.01. The van der Waals surface area contributed by atoms with Gasteiger partial charge in [-0.25, -0.2) is 0 Å². The first-order valence-electron chi connectivity index (χ1n) is 6.81. The molecule has 19 heavy (non-hydrogen) atoms. The van der Waals surface area contributed by atoms with Gasteiger partial charge >= 0.3 is 0 Å². The Hall–Kier alpha value is -2.09. The van der Waals surface area contributed by atoms with Crippen LogP contribution in [-0.2, 0) is 13.0 Å². The van der Waals surface area contributed by atoms with Gasteiger partial charge in [-0.1, -0.05) is 42.5 Å². The van der Waals surface area contributed by atoms with Crippen molar-refractivity contribution in [3.63, 3.8) is 0 Å². The van der Waals surface area contributed by atoms with Crippen LogP contribution in [0.3, 0.4) is 0 Å². The quantitative estimate of drug-likeness (QED) is 0.759. The van der Waals surface area contributed by atoms with Crippen LogP contribution in [0.15, 0.2) is 48.5 Å². The molecule has 1 heterocycles. The van der Waals surface area contributed by atoms with E-state index in [9.17, 15) is 4.79 Å². The maximum atomic E-state index is 12.5. The highest BCUT2D eigenvalue weighted by Gasteiger charge is 2.36. The van der Waals surface area contributed by atoms with Crippen LogP contribution in [0.2, 0.25) is 0 Å². The summed E-state index contributed by atoms with van der Waals surface area (Å²) in [5.41, 5.74) is 4.78. The molecule has 0 radical (unpaired) electrons. The van der Waals surface area contributed by atoms with Gasteiger partial charge in [0.2, 0.25) is 0 Å². The van der Waals surface area contributed by atoms with E-state index in [1.54, 1.807) is 0 Å². The first-order chi connectivity index (χ1) is 9.34. The Balaban J connectivity index is 1.72. The zero-order valence-electron chi connectivity index (χ0n) is 10.7. The highest BCUT2D eigenvalue weighted by Crippen LogP contribution is 2.39. The minimum absolute atomic E-state index is 0.192. The SMILES string of the molecule is O=C1c2ccccc2CN1C1CCc2ccccc21. The lowest BCUT2D eigenvalue weighted by Crippen LogP contribution is -2.27. The molecule has 1 amide bonds. The summed E-state index contributed by atoms with van der Waals surface area (Å²) in [6, 6.07) is 16.7. The number of carbonyl (C=O) groups is 1. The molecule has 1 atom stereocenters. The second-order valence-corrected chi connectivity index (χ2v) is 5.34. The molecule has 0 bridgehead atoms. The van der Waals surface area contributed by atoms with Crippen molar-refractivity contribution in [2.45, 2.75) is 25.4 Å². The first kappa shape index (κ1) is 10.8. The van der Waals surface area contributed by atoms with E-state index in [1.807, 2.05) is 23.1 Å². The van der Waals surface area contributed by atoms with Gasteiger partial charge in [0.1, 0.15) is 0 Å². The zero-order chi connectivity index (χ0) is 12.8. The molecule has 0 aromatic heterocycles. The van der Waals surface area contributed by atoms with Gasteiger partial charge in [-0.3, -0.25) is 4.79 Å². The number of benzene rings is 2. The lowest BCUT2D eigenvalue weighted by atomic mass is 10.1. The Bertz CT molecular complexity index is 662. The minimum Gasteiger partial charge on any atom is -0.327 e. The largest absolute Gasteiger partial charge is 0.327 e. The summed E-state index contributed by atoms with van der Waals surface area (Å²) in [5, 5.41) is 0. The van der Waals surface area contributed by atoms with Crippen LogP contribution in [-0.4, -0.2) is 10.8 Å². The van der Waals surface area contributed by atoms with Crippen LogP contribution < -0.4 is 0 Å². The number of carbonyl (C=O) groups excluding carboxylic acids is 1. The molecule has 2 aromatic rings. The summed E-state index contributed by atoms with van der Waals surface area (Å²) in [4.78, 5) is 14.6. The second kappa shape index (κ2) is 3.95. The van der Waals surface area contributed by atoms with Gasteiger partial charge in [-0.2, -0.15) is 0 Å². The number of hydrogen-bond donors (Lipinski definition) is 0. The number of aryl methyl sites for hydroxylation is 1. The summed E-state index contributed by atoms with van der Waals surface area (Å²) >= 11 is 0. The number of amides is 1. The predicted octanol–water partition coefficient (Wildman–Crippen LogP) is 3.33. The number of rotatable bonds is 1. The van der Waals surface area contributed by atoms with Gasteiger partial charge in [0.15, 0.2) is 0 Å². The molecule has 0 saturated carbocycles. The molecule has 0 spiro atoms. The summed E-state index contributed by atoms with van der Waals surface area (Å²) in [6.45, 7) is 0.758. The van der Waals surface area contributed by atoms with Gasteiger partial charge in [0.25, 0.3) is 5.91 Å². The highest BCUT2D eigenvalue weighted by molar-refractivity contribution is 5.98. The van der Waals surface area contributed by atoms with Gasteiger partial charge in [-0.05, 0) is 35.6 Å². The van der Waals surface area contributed by atoms with Gasteiger partial charge in [0, 0.05) is 12.1 Å². The number of fused-ring (bicyclic) bond motifs is 2. The molecular weight excluding hydrogens is 234 g/mol. The van der Waals surface area contributed by atoms with Crippen LogP contribution in [0.1, 0.15) is 39.5 Å². The van der Waals surface area contributed by atoms with E-state index in [4.69, 9.17) is 0 Å². The van der Waals surface area contributed by atoms with Crippen LogP contribution in [0.4, 0.5) is 0 Å². The maximum Gasteiger partial charge on any atom is 0.255 e. The molecule has 1 aliphatic carbocycles. The van der Waals surface area contributed by atoms with Crippen molar-refractivity contribution in [2.75, 3.05) is 0 Å². The average molecular weight is 249 g/mol. The molecule has 1 aliphatic heterocycles. The smallest absolute Gasteiger partial charge is 0.255 e. The Kier molecular flexibility index (Phi) is 2.25. The van der Waals surface area contributed by atoms with Gasteiger partial charge in [0.05, 0.1) is 6.04 Å². The fraction of sp³-hybridized carbons (Fsp3) is 0.235. The standard InChI is InChI=1S/C17H15NO/c19-17-15-8-4-2-6-13(15)11-18(17)16-10-9-12-5-1-3-7-14(12)16/h1-8,16H,9-11H2. The van der Waals surface area contributed by atoms with E-state index >= 15 is 0 Å². The first-order valence-corrected chi connectivity index (χ1v) is 6.81. The molecule has 2 nitrogen and oxygen atoms in total. The van der Waals surface area contributed by atoms with E-state index in [1.165, 1.54) is 11.1 Å². The summed E-state index contributed by atoms with van der Waals surface area (Å²) in [6.07, 6.45) is 2.14. The zero-order valence-corrected chi connectivity index (χ0v) is 10.7. The van der Waals surface area contributed by atoms with Crippen molar-refractivity contribution in [1.82, 2.24) is 4.90 Å². The van der Waals surface area contributed by atoms with E-state index in [0.717, 1.165) is 30.5 Å².